The summed E-state index contributed by atoms with van der Waals surface area (Å²) in [6.45, 7) is 5.15. The minimum atomic E-state index is -3.67. The van der Waals surface area contributed by atoms with Crippen molar-refractivity contribution in [3.63, 3.8) is 0 Å². The number of nitrogen functional groups attached to an aromatic ring is 1. The minimum absolute atomic E-state index is 0.170. The first-order chi connectivity index (χ1) is 20.1. The van der Waals surface area contributed by atoms with Crippen LogP contribution in [0.1, 0.15) is 56.8 Å². The Bertz CT molecular complexity index is 1740. The van der Waals surface area contributed by atoms with Gasteiger partial charge in [0.1, 0.15) is 11.9 Å². The summed E-state index contributed by atoms with van der Waals surface area (Å²) < 4.78 is 26.9. The Labute approximate surface area is 246 Å². The highest BCUT2D eigenvalue weighted by Gasteiger charge is 2.38. The largest absolute Gasteiger partial charge is 0.383 e. The zero-order chi connectivity index (χ0) is 30.0. The van der Waals surface area contributed by atoms with Crippen LogP contribution >= 0.6 is 0 Å². The summed E-state index contributed by atoms with van der Waals surface area (Å²) in [7, 11) is -3.67. The van der Waals surface area contributed by atoms with Crippen LogP contribution in [0.15, 0.2) is 83.9 Å². The molecular weight excluding hydrogens is 550 g/mol. The number of rotatable bonds is 8. The van der Waals surface area contributed by atoms with Crippen molar-refractivity contribution in [1.82, 2.24) is 9.88 Å². The molecule has 1 saturated heterocycles. The first kappa shape index (κ1) is 29.1. The molecule has 4 aromatic rings. The van der Waals surface area contributed by atoms with Crippen molar-refractivity contribution < 1.29 is 18.0 Å². The van der Waals surface area contributed by atoms with Crippen molar-refractivity contribution >= 4 is 49.6 Å². The van der Waals surface area contributed by atoms with Crippen LogP contribution in [0.25, 0.3) is 10.8 Å². The van der Waals surface area contributed by atoms with E-state index in [2.05, 4.69) is 15.6 Å². The Balaban J connectivity index is 1.55. The van der Waals surface area contributed by atoms with Crippen molar-refractivity contribution in [2.75, 3.05) is 22.9 Å². The number of likely N-dealkylation sites (tertiary alicyclic amines) is 1. The molecule has 10 heteroatoms. The lowest BCUT2D eigenvalue weighted by atomic mass is 10.0. The van der Waals surface area contributed by atoms with E-state index in [0.29, 0.717) is 36.5 Å². The number of sulfone groups is 1. The molecule has 3 aromatic carbocycles. The van der Waals surface area contributed by atoms with E-state index in [1.165, 1.54) is 6.92 Å². The number of amides is 2. The van der Waals surface area contributed by atoms with Crippen molar-refractivity contribution in [2.24, 2.45) is 0 Å². The summed E-state index contributed by atoms with van der Waals surface area (Å²) in [6.07, 6.45) is 2.96. The fraction of sp³-hybridized carbons (Fsp3) is 0.281. The molecule has 0 saturated carbocycles. The van der Waals surface area contributed by atoms with Crippen molar-refractivity contribution in [3.05, 3.63) is 90.1 Å². The van der Waals surface area contributed by atoms with Gasteiger partial charge < -0.3 is 21.3 Å². The molecule has 0 bridgehead atoms. The number of nitrogens with two attached hydrogens (primary N) is 1. The predicted molar refractivity (Wildman–Crippen MR) is 166 cm³/mol. The first-order valence-corrected chi connectivity index (χ1v) is 15.5. The predicted octanol–water partition coefficient (Wildman–Crippen LogP) is 5.47. The van der Waals surface area contributed by atoms with E-state index in [0.717, 1.165) is 22.0 Å². The van der Waals surface area contributed by atoms with E-state index < -0.39 is 27.2 Å². The lowest BCUT2D eigenvalue weighted by Gasteiger charge is -2.31. The van der Waals surface area contributed by atoms with Gasteiger partial charge in [-0.2, -0.15) is 0 Å². The fourth-order valence-corrected chi connectivity index (χ4v) is 6.80. The lowest BCUT2D eigenvalue weighted by Crippen LogP contribution is -2.38. The maximum absolute atomic E-state index is 14.4. The standard InChI is InChI=1S/C32H35N5O4S/c1-20(2)42(40,41)29-14-12-25(35-21(3)38)19-27(29)28-10-7-17-37(28)32(39)30(22-8-5-4-6-9-22)36-24-11-13-26-23(18-24)15-16-34-31(26)33/h4-6,8-9,11-16,18-20,28,30,36H,7,10,17H2,1-3H3,(H2,33,34)(H,35,38)/t28-,30+/m1/s1. The molecule has 0 spiro atoms. The van der Waals surface area contributed by atoms with Crippen molar-refractivity contribution in [3.8, 4) is 0 Å². The van der Waals surface area contributed by atoms with Gasteiger partial charge >= 0.3 is 0 Å². The Hall–Kier alpha value is -4.44. The van der Waals surface area contributed by atoms with Crippen LogP contribution in [0.5, 0.6) is 0 Å². The third-order valence-electron chi connectivity index (χ3n) is 7.64. The number of benzene rings is 3. The molecule has 0 unspecified atom stereocenters. The molecule has 2 atom stereocenters. The number of pyridine rings is 1. The third-order valence-corrected chi connectivity index (χ3v) is 9.86. The van der Waals surface area contributed by atoms with Crippen LogP contribution in [-0.2, 0) is 19.4 Å². The van der Waals surface area contributed by atoms with E-state index in [-0.39, 0.29) is 16.7 Å². The van der Waals surface area contributed by atoms with Gasteiger partial charge in [0.2, 0.25) is 11.8 Å². The van der Waals surface area contributed by atoms with Crippen LogP contribution in [0, 0.1) is 0 Å². The summed E-state index contributed by atoms with van der Waals surface area (Å²) >= 11 is 0. The molecule has 42 heavy (non-hydrogen) atoms. The van der Waals surface area contributed by atoms with E-state index >= 15 is 0 Å². The Kier molecular flexibility index (Phi) is 8.17. The molecule has 1 aliphatic heterocycles. The van der Waals surface area contributed by atoms with Gasteiger partial charge in [0.25, 0.3) is 0 Å². The van der Waals surface area contributed by atoms with E-state index in [1.54, 1.807) is 43.1 Å². The van der Waals surface area contributed by atoms with Crippen LogP contribution in [0.4, 0.5) is 17.2 Å². The molecule has 1 aromatic heterocycles. The zero-order valence-electron chi connectivity index (χ0n) is 23.9. The van der Waals surface area contributed by atoms with E-state index in [1.807, 2.05) is 54.6 Å². The molecule has 9 nitrogen and oxygen atoms in total. The minimum Gasteiger partial charge on any atom is -0.383 e. The Morgan fingerprint density at radius 1 is 1.00 bits per heavy atom. The normalized spacial score (nSPS) is 16.0. The SMILES string of the molecule is CC(=O)Nc1ccc(S(=O)(=O)C(C)C)c([C@H]2CCCN2C(=O)[C@@H](Nc2ccc3c(N)nccc3c2)c2ccccc2)c1. The molecule has 2 amide bonds. The highest BCUT2D eigenvalue weighted by Crippen LogP contribution is 2.40. The molecule has 4 N–H and O–H groups in total. The quantitative estimate of drug-likeness (QED) is 0.249. The smallest absolute Gasteiger partial charge is 0.250 e. The highest BCUT2D eigenvalue weighted by molar-refractivity contribution is 7.92. The number of fused-ring (bicyclic) bond motifs is 1. The molecule has 0 radical (unpaired) electrons. The number of carbonyl (C=O) groups excluding carboxylic acids is 2. The van der Waals surface area contributed by atoms with Gasteiger partial charge in [0.15, 0.2) is 9.84 Å². The highest BCUT2D eigenvalue weighted by atomic mass is 32.2. The summed E-state index contributed by atoms with van der Waals surface area (Å²) in [5.74, 6) is 0.000177. The Morgan fingerprint density at radius 2 is 1.74 bits per heavy atom. The number of carbonyl (C=O) groups is 2. The number of hydrogen-bond donors (Lipinski definition) is 3. The number of aromatic nitrogens is 1. The van der Waals surface area contributed by atoms with Crippen molar-refractivity contribution in [2.45, 2.75) is 55.8 Å². The maximum atomic E-state index is 14.4. The van der Waals surface area contributed by atoms with Gasteiger partial charge in [-0.05, 0) is 85.7 Å². The fourth-order valence-electron chi connectivity index (χ4n) is 5.51. The first-order valence-electron chi connectivity index (χ1n) is 14.0. The molecule has 218 valence electrons. The summed E-state index contributed by atoms with van der Waals surface area (Å²) in [6, 6.07) is 20.6. The van der Waals surface area contributed by atoms with Gasteiger partial charge in [-0.15, -0.1) is 0 Å². The van der Waals surface area contributed by atoms with Crippen molar-refractivity contribution in [1.29, 1.82) is 0 Å². The number of hydrogen-bond acceptors (Lipinski definition) is 7. The van der Waals surface area contributed by atoms with Crippen LogP contribution in [0.2, 0.25) is 0 Å². The second-order valence-electron chi connectivity index (χ2n) is 10.8. The number of anilines is 3. The van der Waals surface area contributed by atoms with E-state index in [9.17, 15) is 18.0 Å². The zero-order valence-corrected chi connectivity index (χ0v) is 24.7. The third kappa shape index (κ3) is 5.80. The summed E-state index contributed by atoms with van der Waals surface area (Å²) in [5.41, 5.74) is 8.56. The number of nitrogens with one attached hydrogen (secondary N) is 2. The summed E-state index contributed by atoms with van der Waals surface area (Å²) in [5, 5.41) is 7.25. The number of nitrogens with zero attached hydrogens (tertiary/aromatic N) is 2. The van der Waals surface area contributed by atoms with Crippen LogP contribution < -0.4 is 16.4 Å². The van der Waals surface area contributed by atoms with Gasteiger partial charge in [0, 0.05) is 36.4 Å². The van der Waals surface area contributed by atoms with E-state index in [4.69, 9.17) is 5.73 Å². The monoisotopic (exact) mass is 585 g/mol. The lowest BCUT2D eigenvalue weighted by molar-refractivity contribution is -0.133. The van der Waals surface area contributed by atoms with Gasteiger partial charge in [-0.25, -0.2) is 13.4 Å². The topological polar surface area (TPSA) is 134 Å². The van der Waals surface area contributed by atoms with Gasteiger partial charge in [0.05, 0.1) is 16.2 Å². The molecule has 0 aliphatic carbocycles. The Morgan fingerprint density at radius 3 is 2.45 bits per heavy atom. The molecule has 5 rings (SSSR count). The summed E-state index contributed by atoms with van der Waals surface area (Å²) in [4.78, 5) is 32.3. The maximum Gasteiger partial charge on any atom is 0.250 e. The molecular formula is C32H35N5O4S. The second kappa shape index (κ2) is 11.8. The average Bonchev–Trinajstić information content (AvgIpc) is 3.46. The average molecular weight is 586 g/mol. The molecule has 2 heterocycles. The van der Waals surface area contributed by atoms with Crippen LogP contribution in [-0.4, -0.2) is 41.9 Å². The molecule has 1 aliphatic rings. The van der Waals surface area contributed by atoms with Gasteiger partial charge in [-0.1, -0.05) is 30.3 Å². The molecule has 1 fully saturated rings. The second-order valence-corrected chi connectivity index (χ2v) is 13.3. The van der Waals surface area contributed by atoms with Crippen LogP contribution in [0.3, 0.4) is 0 Å². The van der Waals surface area contributed by atoms with Gasteiger partial charge in [-0.3, -0.25) is 9.59 Å².